The van der Waals surface area contributed by atoms with Crippen molar-refractivity contribution in [3.8, 4) is 11.1 Å². The Kier molecular flexibility index (Phi) is 2.74. The monoisotopic (exact) mass is 256 g/mol. The number of benzene rings is 2. The minimum Gasteiger partial charge on any atom is -0.392 e. The van der Waals surface area contributed by atoms with Gasteiger partial charge in [0.25, 0.3) is 0 Å². The molecule has 2 aromatic carbocycles. The highest BCUT2D eigenvalue weighted by atomic mass is 32.1. The van der Waals surface area contributed by atoms with Gasteiger partial charge in [-0.2, -0.15) is 0 Å². The van der Waals surface area contributed by atoms with Crippen LogP contribution < -0.4 is 5.73 Å². The van der Waals surface area contributed by atoms with Crippen LogP contribution in [0.4, 0.5) is 5.13 Å². The molecule has 0 aliphatic rings. The van der Waals surface area contributed by atoms with Crippen LogP contribution in [0.1, 0.15) is 5.56 Å². The van der Waals surface area contributed by atoms with E-state index in [0.29, 0.717) is 5.13 Å². The van der Waals surface area contributed by atoms with Crippen molar-refractivity contribution < 1.29 is 5.11 Å². The van der Waals surface area contributed by atoms with E-state index in [1.165, 1.54) is 11.3 Å². The fourth-order valence-electron chi connectivity index (χ4n) is 2.05. The summed E-state index contributed by atoms with van der Waals surface area (Å²) >= 11 is 1.48. The highest BCUT2D eigenvalue weighted by Gasteiger charge is 2.06. The maximum Gasteiger partial charge on any atom is 0.181 e. The lowest BCUT2D eigenvalue weighted by Crippen LogP contribution is -1.88. The number of aromatic nitrogens is 1. The lowest BCUT2D eigenvalue weighted by atomic mass is 10.00. The van der Waals surface area contributed by atoms with E-state index in [1.807, 2.05) is 42.5 Å². The first-order valence-corrected chi connectivity index (χ1v) is 6.45. The van der Waals surface area contributed by atoms with Crippen molar-refractivity contribution in [1.82, 2.24) is 4.98 Å². The van der Waals surface area contributed by atoms with Crippen LogP contribution in [0.5, 0.6) is 0 Å². The Morgan fingerprint density at radius 2 is 2.00 bits per heavy atom. The Balaban J connectivity index is 2.18. The molecular formula is C14H12N2OS. The summed E-state index contributed by atoms with van der Waals surface area (Å²) in [4.78, 5) is 4.29. The van der Waals surface area contributed by atoms with Crippen LogP contribution in [0, 0.1) is 0 Å². The minimum atomic E-state index is 0.0351. The van der Waals surface area contributed by atoms with Gasteiger partial charge in [0.2, 0.25) is 0 Å². The molecule has 3 nitrogen and oxygen atoms in total. The first-order chi connectivity index (χ1) is 8.78. The second-order valence-corrected chi connectivity index (χ2v) is 5.11. The normalized spacial score (nSPS) is 10.9. The van der Waals surface area contributed by atoms with Crippen LogP contribution in [0.2, 0.25) is 0 Å². The van der Waals surface area contributed by atoms with Crippen LogP contribution in [0.15, 0.2) is 42.5 Å². The number of hydrogen-bond donors (Lipinski definition) is 2. The van der Waals surface area contributed by atoms with E-state index in [2.05, 4.69) is 4.98 Å². The number of fused-ring (bicyclic) bond motifs is 1. The number of thiazole rings is 1. The van der Waals surface area contributed by atoms with Crippen molar-refractivity contribution >= 4 is 26.7 Å². The fourth-order valence-corrected chi connectivity index (χ4v) is 2.77. The summed E-state index contributed by atoms with van der Waals surface area (Å²) in [6.07, 6.45) is 0. The number of hydrogen-bond acceptors (Lipinski definition) is 4. The predicted molar refractivity (Wildman–Crippen MR) is 75.4 cm³/mol. The number of aliphatic hydroxyl groups is 1. The number of nitrogens with two attached hydrogens (primary N) is 1. The molecule has 0 bridgehead atoms. The summed E-state index contributed by atoms with van der Waals surface area (Å²) in [5.41, 5.74) is 9.61. The quantitative estimate of drug-likeness (QED) is 0.741. The van der Waals surface area contributed by atoms with E-state index in [0.717, 1.165) is 26.9 Å². The van der Waals surface area contributed by atoms with E-state index in [4.69, 9.17) is 5.73 Å². The lowest BCUT2D eigenvalue weighted by Gasteiger charge is -2.06. The van der Waals surface area contributed by atoms with Crippen LogP contribution >= 0.6 is 11.3 Å². The molecule has 3 aromatic rings. The molecule has 1 heterocycles. The van der Waals surface area contributed by atoms with E-state index < -0.39 is 0 Å². The standard InChI is InChI=1S/C14H12N2OS/c15-14-16-12-7-9(5-6-13(12)18-14)11-4-2-1-3-10(11)8-17/h1-7,17H,8H2,(H2,15,16). The summed E-state index contributed by atoms with van der Waals surface area (Å²) in [5.74, 6) is 0. The van der Waals surface area contributed by atoms with Gasteiger partial charge in [0, 0.05) is 0 Å². The Bertz CT molecular complexity index is 706. The van der Waals surface area contributed by atoms with Gasteiger partial charge in [0.05, 0.1) is 16.8 Å². The minimum absolute atomic E-state index is 0.0351. The zero-order valence-corrected chi connectivity index (χ0v) is 10.4. The Morgan fingerprint density at radius 1 is 1.17 bits per heavy atom. The van der Waals surface area contributed by atoms with Crippen molar-refractivity contribution in [2.75, 3.05) is 5.73 Å². The molecule has 3 rings (SSSR count). The molecule has 0 saturated carbocycles. The zero-order chi connectivity index (χ0) is 12.5. The maximum absolute atomic E-state index is 9.36. The molecule has 3 N–H and O–H groups in total. The number of anilines is 1. The third-order valence-electron chi connectivity index (χ3n) is 2.90. The third kappa shape index (κ3) is 1.85. The van der Waals surface area contributed by atoms with Gasteiger partial charge in [0.15, 0.2) is 5.13 Å². The number of rotatable bonds is 2. The van der Waals surface area contributed by atoms with Crippen molar-refractivity contribution in [1.29, 1.82) is 0 Å². The molecule has 0 atom stereocenters. The molecule has 0 amide bonds. The molecule has 90 valence electrons. The predicted octanol–water partition coefficient (Wildman–Crippen LogP) is 3.04. The van der Waals surface area contributed by atoms with Gasteiger partial charge in [-0.15, -0.1) is 0 Å². The molecule has 0 aliphatic heterocycles. The average molecular weight is 256 g/mol. The number of nitrogens with zero attached hydrogens (tertiary/aromatic N) is 1. The zero-order valence-electron chi connectivity index (χ0n) is 9.63. The van der Waals surface area contributed by atoms with E-state index in [-0.39, 0.29) is 6.61 Å². The molecule has 0 radical (unpaired) electrons. The molecule has 0 saturated heterocycles. The van der Waals surface area contributed by atoms with E-state index in [9.17, 15) is 5.11 Å². The summed E-state index contributed by atoms with van der Waals surface area (Å²) in [5, 5.41) is 9.94. The highest BCUT2D eigenvalue weighted by Crippen LogP contribution is 2.30. The Hall–Kier alpha value is -1.91. The van der Waals surface area contributed by atoms with E-state index >= 15 is 0 Å². The smallest absolute Gasteiger partial charge is 0.181 e. The van der Waals surface area contributed by atoms with Crippen LogP contribution in [0.3, 0.4) is 0 Å². The molecule has 0 fully saturated rings. The van der Waals surface area contributed by atoms with Crippen LogP contribution in [-0.2, 0) is 6.61 Å². The third-order valence-corrected chi connectivity index (χ3v) is 3.77. The van der Waals surface area contributed by atoms with Gasteiger partial charge in [-0.1, -0.05) is 41.7 Å². The van der Waals surface area contributed by atoms with Crippen LogP contribution in [0.25, 0.3) is 21.3 Å². The largest absolute Gasteiger partial charge is 0.392 e. The molecular weight excluding hydrogens is 244 g/mol. The first-order valence-electron chi connectivity index (χ1n) is 5.63. The Morgan fingerprint density at radius 3 is 2.83 bits per heavy atom. The summed E-state index contributed by atoms with van der Waals surface area (Å²) in [7, 11) is 0. The van der Waals surface area contributed by atoms with Crippen molar-refractivity contribution in [3.05, 3.63) is 48.0 Å². The van der Waals surface area contributed by atoms with Gasteiger partial charge in [-0.05, 0) is 28.8 Å². The van der Waals surface area contributed by atoms with E-state index in [1.54, 1.807) is 0 Å². The molecule has 4 heteroatoms. The number of aliphatic hydroxyl groups excluding tert-OH is 1. The van der Waals surface area contributed by atoms with Gasteiger partial charge in [0.1, 0.15) is 0 Å². The fraction of sp³-hybridized carbons (Fsp3) is 0.0714. The second-order valence-electron chi connectivity index (χ2n) is 4.05. The van der Waals surface area contributed by atoms with Gasteiger partial charge in [-0.25, -0.2) is 4.98 Å². The van der Waals surface area contributed by atoms with Crippen molar-refractivity contribution in [2.45, 2.75) is 6.61 Å². The highest BCUT2D eigenvalue weighted by molar-refractivity contribution is 7.22. The van der Waals surface area contributed by atoms with Gasteiger partial charge >= 0.3 is 0 Å². The van der Waals surface area contributed by atoms with Gasteiger partial charge in [-0.3, -0.25) is 0 Å². The maximum atomic E-state index is 9.36. The first kappa shape index (κ1) is 11.2. The molecule has 0 aliphatic carbocycles. The summed E-state index contributed by atoms with van der Waals surface area (Å²) in [6, 6.07) is 13.9. The number of nitrogen functional groups attached to an aromatic ring is 1. The van der Waals surface area contributed by atoms with Gasteiger partial charge < -0.3 is 10.8 Å². The average Bonchev–Trinajstić information content (AvgIpc) is 2.77. The summed E-state index contributed by atoms with van der Waals surface area (Å²) < 4.78 is 1.08. The molecule has 0 spiro atoms. The molecule has 18 heavy (non-hydrogen) atoms. The van der Waals surface area contributed by atoms with Crippen molar-refractivity contribution in [3.63, 3.8) is 0 Å². The van der Waals surface area contributed by atoms with Crippen molar-refractivity contribution in [2.24, 2.45) is 0 Å². The second kappa shape index (κ2) is 4.40. The Labute approximate surface area is 109 Å². The molecule has 0 unspecified atom stereocenters. The summed E-state index contributed by atoms with van der Waals surface area (Å²) in [6.45, 7) is 0.0351. The SMILES string of the molecule is Nc1nc2cc(-c3ccccc3CO)ccc2s1. The topological polar surface area (TPSA) is 59.1 Å². The molecule has 1 aromatic heterocycles. The van der Waals surface area contributed by atoms with Crippen LogP contribution in [-0.4, -0.2) is 10.1 Å². The lowest BCUT2D eigenvalue weighted by molar-refractivity contribution is 0.282.